The summed E-state index contributed by atoms with van der Waals surface area (Å²) in [7, 11) is 0. The summed E-state index contributed by atoms with van der Waals surface area (Å²) in [6.07, 6.45) is -3.19. The molecule has 1 aliphatic rings. The molecular formula is C32H33BrF3N5O6. The Morgan fingerprint density at radius 3 is 2.38 bits per heavy atom. The minimum Gasteiger partial charge on any atom is -0.488 e. The van der Waals surface area contributed by atoms with Gasteiger partial charge in [0, 0.05) is 48.2 Å². The molecule has 47 heavy (non-hydrogen) atoms. The number of anilines is 2. The van der Waals surface area contributed by atoms with Gasteiger partial charge in [0.25, 0.3) is 0 Å². The maximum absolute atomic E-state index is 13.2. The number of nitrogens with zero attached hydrogens (tertiary/aromatic N) is 3. The monoisotopic (exact) mass is 719 g/mol. The number of halogens is 4. The zero-order chi connectivity index (χ0) is 33.2. The third-order valence-corrected chi connectivity index (χ3v) is 7.67. The minimum atomic E-state index is -4.57. The molecule has 2 heterocycles. The first-order chi connectivity index (χ1) is 22.7. The second-order valence-electron chi connectivity index (χ2n) is 10.2. The lowest BCUT2D eigenvalue weighted by atomic mass is 10.2. The number of hydrogen-bond donors (Lipinski definition) is 2. The first-order valence-corrected chi connectivity index (χ1v) is 15.6. The van der Waals surface area contributed by atoms with Gasteiger partial charge in [0.2, 0.25) is 5.88 Å². The lowest BCUT2D eigenvalue weighted by Crippen LogP contribution is -2.38. The van der Waals surface area contributed by atoms with Gasteiger partial charge in [-0.15, -0.1) is 0 Å². The molecule has 1 fully saturated rings. The molecular weight excluding hydrogens is 687 g/mol. The molecule has 11 nitrogen and oxygen atoms in total. The molecule has 5 rings (SSSR count). The van der Waals surface area contributed by atoms with Gasteiger partial charge in [0.15, 0.2) is 11.5 Å². The normalized spacial score (nSPS) is 13.7. The Hall–Kier alpha value is -4.18. The lowest BCUT2D eigenvalue weighted by molar-refractivity contribution is -0.138. The third kappa shape index (κ3) is 9.67. The Bertz CT molecular complexity index is 1660. The summed E-state index contributed by atoms with van der Waals surface area (Å²) in [6.45, 7) is 7.53. The number of carbonyl (C=O) groups is 1. The summed E-state index contributed by atoms with van der Waals surface area (Å²) >= 11 is 2.88. The number of rotatable bonds is 13. The first-order valence-electron chi connectivity index (χ1n) is 14.8. The van der Waals surface area contributed by atoms with Crippen molar-refractivity contribution in [2.45, 2.75) is 13.1 Å². The maximum Gasteiger partial charge on any atom is 0.417 e. The number of urea groups is 1. The summed E-state index contributed by atoms with van der Waals surface area (Å²) in [4.78, 5) is 23.5. The number of fused-ring (bicyclic) bond motifs is 1. The molecule has 1 aromatic heterocycles. The summed E-state index contributed by atoms with van der Waals surface area (Å²) in [5.74, 6) is 1.73. The molecule has 4 aromatic rings. The highest BCUT2D eigenvalue weighted by atomic mass is 79.9. The number of nitrogens with one attached hydrogen (secondary N) is 2. The number of aromatic nitrogens is 2. The molecule has 1 saturated heterocycles. The molecule has 1 aliphatic heterocycles. The fraction of sp³-hybridized carbons (Fsp3) is 0.344. The lowest BCUT2D eigenvalue weighted by Gasteiger charge is -2.26. The Morgan fingerprint density at radius 2 is 1.64 bits per heavy atom. The van der Waals surface area contributed by atoms with Gasteiger partial charge in [-0.2, -0.15) is 13.2 Å². The van der Waals surface area contributed by atoms with E-state index >= 15 is 0 Å². The van der Waals surface area contributed by atoms with Crippen molar-refractivity contribution in [1.82, 2.24) is 14.9 Å². The third-order valence-electron chi connectivity index (χ3n) is 6.98. The molecule has 0 atom stereocenters. The van der Waals surface area contributed by atoms with Gasteiger partial charge in [-0.05, 0) is 55.5 Å². The predicted molar refractivity (Wildman–Crippen MR) is 173 cm³/mol. The highest BCUT2D eigenvalue weighted by molar-refractivity contribution is 9.10. The molecule has 250 valence electrons. The van der Waals surface area contributed by atoms with Gasteiger partial charge < -0.3 is 34.3 Å². The molecule has 2 N–H and O–H groups in total. The van der Waals surface area contributed by atoms with E-state index in [-0.39, 0.29) is 16.0 Å². The number of carbonyl (C=O) groups excluding carboxylic acids is 1. The molecule has 2 amide bonds. The van der Waals surface area contributed by atoms with Gasteiger partial charge in [-0.1, -0.05) is 15.9 Å². The van der Waals surface area contributed by atoms with Crippen LogP contribution in [0.2, 0.25) is 0 Å². The molecule has 0 saturated carbocycles. The van der Waals surface area contributed by atoms with E-state index in [0.29, 0.717) is 73.5 Å². The van der Waals surface area contributed by atoms with E-state index in [1.165, 1.54) is 18.5 Å². The highest BCUT2D eigenvalue weighted by Gasteiger charge is 2.33. The van der Waals surface area contributed by atoms with Crippen LogP contribution in [0.1, 0.15) is 12.5 Å². The molecule has 0 bridgehead atoms. The van der Waals surface area contributed by atoms with Crippen molar-refractivity contribution in [1.29, 1.82) is 0 Å². The van der Waals surface area contributed by atoms with Crippen molar-refractivity contribution in [2.75, 3.05) is 69.9 Å². The van der Waals surface area contributed by atoms with Crippen molar-refractivity contribution >= 4 is 44.2 Å². The van der Waals surface area contributed by atoms with E-state index in [1.807, 2.05) is 6.92 Å². The summed E-state index contributed by atoms with van der Waals surface area (Å²) < 4.78 is 68.6. The van der Waals surface area contributed by atoms with Crippen molar-refractivity contribution in [2.24, 2.45) is 0 Å². The minimum absolute atomic E-state index is 0.0134. The summed E-state index contributed by atoms with van der Waals surface area (Å²) in [5, 5.41) is 5.59. The molecule has 3 aromatic carbocycles. The van der Waals surface area contributed by atoms with E-state index in [4.69, 9.17) is 23.7 Å². The SMILES string of the molecule is CCOCCOc1cc2c(Oc3ccc(NC(=O)Nc4ccc(Br)c(C(F)(F)F)c4)cc3)ncnc2cc1OCCN1CCOCC1. The van der Waals surface area contributed by atoms with Crippen LogP contribution in [0, 0.1) is 0 Å². The van der Waals surface area contributed by atoms with Crippen molar-refractivity contribution in [3.8, 4) is 23.1 Å². The van der Waals surface area contributed by atoms with Gasteiger partial charge in [-0.3, -0.25) is 4.90 Å². The van der Waals surface area contributed by atoms with Crippen LogP contribution < -0.4 is 24.8 Å². The van der Waals surface area contributed by atoms with Crippen LogP contribution in [0.15, 0.2) is 65.4 Å². The van der Waals surface area contributed by atoms with Crippen LogP contribution in [0.4, 0.5) is 29.3 Å². The zero-order valence-corrected chi connectivity index (χ0v) is 27.0. The number of ether oxygens (including phenoxy) is 5. The number of alkyl halides is 3. The summed E-state index contributed by atoms with van der Waals surface area (Å²) in [5.41, 5.74) is 0.0656. The topological polar surface area (TPSA) is 116 Å². The van der Waals surface area contributed by atoms with Crippen molar-refractivity contribution in [3.05, 3.63) is 71.0 Å². The van der Waals surface area contributed by atoms with E-state index in [2.05, 4.69) is 41.4 Å². The highest BCUT2D eigenvalue weighted by Crippen LogP contribution is 2.38. The maximum atomic E-state index is 13.2. The Labute approximate surface area is 277 Å². The second-order valence-corrected chi connectivity index (χ2v) is 11.1. The summed E-state index contributed by atoms with van der Waals surface area (Å²) in [6, 6.07) is 12.7. The first kappa shape index (κ1) is 34.2. The van der Waals surface area contributed by atoms with Crippen LogP contribution in [-0.2, 0) is 15.7 Å². The molecule has 0 aliphatic carbocycles. The average molecular weight is 721 g/mol. The molecule has 0 unspecified atom stereocenters. The number of morpholine rings is 1. The second kappa shape index (κ2) is 16.1. The van der Waals surface area contributed by atoms with E-state index < -0.39 is 17.8 Å². The van der Waals surface area contributed by atoms with E-state index in [0.717, 1.165) is 25.7 Å². The van der Waals surface area contributed by atoms with E-state index in [9.17, 15) is 18.0 Å². The van der Waals surface area contributed by atoms with Gasteiger partial charge in [0.1, 0.15) is 25.3 Å². The van der Waals surface area contributed by atoms with Gasteiger partial charge in [-0.25, -0.2) is 14.8 Å². The zero-order valence-electron chi connectivity index (χ0n) is 25.4. The average Bonchev–Trinajstić information content (AvgIpc) is 3.05. The van der Waals surface area contributed by atoms with Crippen molar-refractivity contribution < 1.29 is 41.7 Å². The molecule has 0 radical (unpaired) electrons. The van der Waals surface area contributed by atoms with Crippen LogP contribution in [0.25, 0.3) is 10.9 Å². The van der Waals surface area contributed by atoms with E-state index in [1.54, 1.807) is 36.4 Å². The van der Waals surface area contributed by atoms with Crippen LogP contribution in [0.5, 0.6) is 23.1 Å². The predicted octanol–water partition coefficient (Wildman–Crippen LogP) is 6.97. The fourth-order valence-electron chi connectivity index (χ4n) is 4.64. The van der Waals surface area contributed by atoms with Gasteiger partial charge >= 0.3 is 12.2 Å². The Morgan fingerprint density at radius 1 is 0.936 bits per heavy atom. The quantitative estimate of drug-likeness (QED) is 0.141. The number of benzene rings is 3. The number of amides is 2. The van der Waals surface area contributed by atoms with Crippen LogP contribution in [0.3, 0.4) is 0 Å². The molecule has 15 heteroatoms. The van der Waals surface area contributed by atoms with Crippen molar-refractivity contribution in [3.63, 3.8) is 0 Å². The Kier molecular flexibility index (Phi) is 11.7. The fourth-order valence-corrected chi connectivity index (χ4v) is 5.11. The largest absolute Gasteiger partial charge is 0.488 e. The standard InChI is InChI=1S/C32H33BrF3N5O6/c1-2-43-15-16-46-28-18-24-27(19-29(28)45-14-11-41-9-12-44-13-10-41)37-20-38-30(24)47-23-6-3-21(4-7-23)39-31(42)40-22-5-8-26(33)25(17-22)32(34,35)36/h3-8,17-20H,2,9-16H2,1H3,(H2,39,40,42). The van der Waals surface area contributed by atoms with Crippen LogP contribution in [-0.4, -0.2) is 80.2 Å². The smallest absolute Gasteiger partial charge is 0.417 e. The van der Waals surface area contributed by atoms with Crippen LogP contribution >= 0.6 is 15.9 Å². The Balaban J connectivity index is 1.26. The number of hydrogen-bond acceptors (Lipinski definition) is 9. The van der Waals surface area contributed by atoms with Gasteiger partial charge in [0.05, 0.1) is 36.3 Å². The molecule has 0 spiro atoms.